The quantitative estimate of drug-likeness (QED) is 0.469. The highest BCUT2D eigenvalue weighted by Crippen LogP contribution is 2.44. The van der Waals surface area contributed by atoms with Crippen molar-refractivity contribution >= 4 is 28.9 Å². The zero-order valence-electron chi connectivity index (χ0n) is 19.6. The number of carbonyl (C=O) groups is 1. The molecule has 0 aromatic carbocycles. The first-order valence-electron chi connectivity index (χ1n) is 11.4. The number of nitrogens with one attached hydrogen (secondary N) is 3. The Bertz CT molecular complexity index is 1340. The number of fused-ring (bicyclic) bond motifs is 1. The first kappa shape index (κ1) is 23.2. The molecule has 0 radical (unpaired) electrons. The summed E-state index contributed by atoms with van der Waals surface area (Å²) in [6, 6.07) is 4.16. The van der Waals surface area contributed by atoms with Gasteiger partial charge in [0.25, 0.3) is 17.4 Å². The van der Waals surface area contributed by atoms with Crippen LogP contribution in [0.15, 0.2) is 35.4 Å². The van der Waals surface area contributed by atoms with E-state index in [1.54, 1.807) is 32.4 Å². The molecule has 12 heteroatoms. The van der Waals surface area contributed by atoms with Gasteiger partial charge in [0.1, 0.15) is 22.9 Å². The van der Waals surface area contributed by atoms with Gasteiger partial charge < -0.3 is 25.3 Å². The average Bonchev–Trinajstić information content (AvgIpc) is 3.24. The van der Waals surface area contributed by atoms with E-state index in [1.165, 1.54) is 21.5 Å². The number of methoxy groups -OCH3 is 1. The molecule has 3 aromatic rings. The normalized spacial score (nSPS) is 23.4. The van der Waals surface area contributed by atoms with Crippen LogP contribution >= 0.6 is 0 Å². The Morgan fingerprint density at radius 3 is 2.71 bits per heavy atom. The van der Waals surface area contributed by atoms with Crippen LogP contribution in [0.4, 0.5) is 26.1 Å². The molecule has 3 N–H and O–H groups in total. The molecule has 2 aliphatic rings. The fourth-order valence-electron chi connectivity index (χ4n) is 4.62. The Morgan fingerprint density at radius 1 is 1.31 bits per heavy atom. The molecular formula is C23H27F2N7O3. The number of ether oxygens (including phenoxy) is 1. The minimum Gasteiger partial charge on any atom is -0.376 e. The molecule has 2 atom stereocenters. The van der Waals surface area contributed by atoms with Crippen LogP contribution in [-0.2, 0) is 4.74 Å². The van der Waals surface area contributed by atoms with E-state index in [4.69, 9.17) is 4.74 Å². The van der Waals surface area contributed by atoms with Gasteiger partial charge in [-0.1, -0.05) is 0 Å². The molecule has 186 valence electrons. The molecule has 2 aliphatic carbocycles. The second kappa shape index (κ2) is 8.29. The van der Waals surface area contributed by atoms with Crippen LogP contribution < -0.4 is 21.5 Å². The molecule has 10 nitrogen and oxygen atoms in total. The third kappa shape index (κ3) is 4.01. The van der Waals surface area contributed by atoms with Crippen LogP contribution in [0.2, 0.25) is 0 Å². The van der Waals surface area contributed by atoms with Crippen molar-refractivity contribution in [1.29, 1.82) is 0 Å². The van der Waals surface area contributed by atoms with E-state index in [-0.39, 0.29) is 36.0 Å². The fourth-order valence-corrected chi connectivity index (χ4v) is 4.62. The summed E-state index contributed by atoms with van der Waals surface area (Å²) in [7, 11) is 3.32. The minimum absolute atomic E-state index is 0.123. The van der Waals surface area contributed by atoms with Crippen LogP contribution in [0.25, 0.3) is 5.65 Å². The summed E-state index contributed by atoms with van der Waals surface area (Å²) in [4.78, 5) is 30.5. The SMILES string of the molecule is CNc1cc(Nc2cccn(C3CC(F)(F)C3)c2=O)nc2c(C(=O)NC3CC[C@@]3(C)OC)cnn12. The highest BCUT2D eigenvalue weighted by atomic mass is 19.3. The molecule has 2 saturated carbocycles. The van der Waals surface area contributed by atoms with E-state index in [2.05, 4.69) is 26.0 Å². The van der Waals surface area contributed by atoms with Crippen LogP contribution in [0.3, 0.4) is 0 Å². The van der Waals surface area contributed by atoms with Gasteiger partial charge in [-0.15, -0.1) is 0 Å². The van der Waals surface area contributed by atoms with Gasteiger partial charge in [-0.2, -0.15) is 9.61 Å². The second-order valence-electron chi connectivity index (χ2n) is 9.33. The molecule has 2 fully saturated rings. The smallest absolute Gasteiger partial charge is 0.274 e. The zero-order valence-corrected chi connectivity index (χ0v) is 19.6. The number of aromatic nitrogens is 4. The number of alkyl halides is 2. The van der Waals surface area contributed by atoms with Gasteiger partial charge in [-0.05, 0) is 31.9 Å². The van der Waals surface area contributed by atoms with Crippen molar-refractivity contribution < 1.29 is 18.3 Å². The molecule has 1 unspecified atom stereocenters. The lowest BCUT2D eigenvalue weighted by Gasteiger charge is -2.45. The van der Waals surface area contributed by atoms with Gasteiger partial charge in [-0.3, -0.25) is 9.59 Å². The number of rotatable bonds is 7. The van der Waals surface area contributed by atoms with Crippen LogP contribution in [0.5, 0.6) is 0 Å². The topological polar surface area (TPSA) is 115 Å². The Morgan fingerprint density at radius 2 is 2.09 bits per heavy atom. The molecule has 0 bridgehead atoms. The number of hydrogen-bond acceptors (Lipinski definition) is 7. The standard InChI is InChI=1S/C23H27F2N7O3/c1-22(35-3)7-6-16(22)29-20(33)14-12-27-32-18(26-2)9-17(30-19(14)32)28-15-5-4-8-31(21(15)34)13-10-23(24,25)11-13/h4-5,8-9,12-13,16,26H,6-7,10-11H2,1-3H3,(H,28,30)(H,29,33)/t16?,22-/m1/s1. The summed E-state index contributed by atoms with van der Waals surface area (Å²) in [6.07, 6.45) is 3.90. The summed E-state index contributed by atoms with van der Waals surface area (Å²) in [5, 5.41) is 13.3. The molecule has 3 heterocycles. The molecular weight excluding hydrogens is 460 g/mol. The Balaban J connectivity index is 1.44. The average molecular weight is 488 g/mol. The number of anilines is 3. The largest absolute Gasteiger partial charge is 0.376 e. The van der Waals surface area contributed by atoms with Gasteiger partial charge in [0, 0.05) is 45.3 Å². The molecule has 3 aromatic heterocycles. The van der Waals surface area contributed by atoms with Crippen LogP contribution in [0, 0.1) is 0 Å². The maximum absolute atomic E-state index is 13.3. The van der Waals surface area contributed by atoms with Gasteiger partial charge in [0.05, 0.1) is 17.8 Å². The second-order valence-corrected chi connectivity index (χ2v) is 9.33. The van der Waals surface area contributed by atoms with Crippen molar-refractivity contribution in [2.45, 2.75) is 56.2 Å². The Kier molecular flexibility index (Phi) is 5.50. The predicted molar refractivity (Wildman–Crippen MR) is 126 cm³/mol. The lowest BCUT2D eigenvalue weighted by Crippen LogP contribution is -2.59. The molecule has 1 amide bonds. The summed E-state index contributed by atoms with van der Waals surface area (Å²) < 4.78 is 35.0. The van der Waals surface area contributed by atoms with Crippen molar-refractivity contribution in [3.63, 3.8) is 0 Å². The summed E-state index contributed by atoms with van der Waals surface area (Å²) >= 11 is 0. The fraction of sp³-hybridized carbons (Fsp3) is 0.478. The minimum atomic E-state index is -2.74. The number of halogens is 2. The molecule has 35 heavy (non-hydrogen) atoms. The van der Waals surface area contributed by atoms with E-state index in [1.807, 2.05) is 6.92 Å². The summed E-state index contributed by atoms with van der Waals surface area (Å²) in [5.41, 5.74) is -0.0664. The van der Waals surface area contributed by atoms with Gasteiger partial charge in [0.2, 0.25) is 0 Å². The Hall–Kier alpha value is -3.54. The highest BCUT2D eigenvalue weighted by Gasteiger charge is 2.46. The van der Waals surface area contributed by atoms with E-state index in [0.29, 0.717) is 17.3 Å². The lowest BCUT2D eigenvalue weighted by atomic mass is 9.76. The van der Waals surface area contributed by atoms with E-state index in [0.717, 1.165) is 12.8 Å². The monoisotopic (exact) mass is 487 g/mol. The lowest BCUT2D eigenvalue weighted by molar-refractivity contribution is -0.104. The Labute approximate surface area is 199 Å². The van der Waals surface area contributed by atoms with Crippen molar-refractivity contribution in [2.24, 2.45) is 0 Å². The van der Waals surface area contributed by atoms with E-state index >= 15 is 0 Å². The third-order valence-corrected chi connectivity index (χ3v) is 7.11. The van der Waals surface area contributed by atoms with Crippen LogP contribution in [-0.4, -0.2) is 56.8 Å². The number of nitrogens with zero attached hydrogens (tertiary/aromatic N) is 4. The van der Waals surface area contributed by atoms with Crippen molar-refractivity contribution in [3.05, 3.63) is 46.5 Å². The van der Waals surface area contributed by atoms with Gasteiger partial charge >= 0.3 is 0 Å². The number of carbonyl (C=O) groups excluding carboxylic acids is 1. The summed E-state index contributed by atoms with van der Waals surface area (Å²) in [6.45, 7) is 1.95. The van der Waals surface area contributed by atoms with Crippen molar-refractivity contribution in [2.75, 3.05) is 24.8 Å². The molecule has 5 rings (SSSR count). The molecule has 0 aliphatic heterocycles. The number of hydrogen-bond donors (Lipinski definition) is 3. The molecule has 0 saturated heterocycles. The zero-order chi connectivity index (χ0) is 25.0. The van der Waals surface area contributed by atoms with Crippen molar-refractivity contribution in [3.8, 4) is 0 Å². The van der Waals surface area contributed by atoms with E-state index in [9.17, 15) is 18.4 Å². The number of amides is 1. The maximum atomic E-state index is 13.3. The van der Waals surface area contributed by atoms with Crippen molar-refractivity contribution in [1.82, 2.24) is 24.5 Å². The predicted octanol–water partition coefficient (Wildman–Crippen LogP) is 2.94. The molecule has 0 spiro atoms. The van der Waals surface area contributed by atoms with Gasteiger partial charge in [0.15, 0.2) is 5.65 Å². The number of pyridine rings is 1. The van der Waals surface area contributed by atoms with E-state index < -0.39 is 23.1 Å². The first-order valence-corrected chi connectivity index (χ1v) is 11.4. The van der Waals surface area contributed by atoms with Gasteiger partial charge in [-0.25, -0.2) is 13.8 Å². The third-order valence-electron chi connectivity index (χ3n) is 7.11. The first-order chi connectivity index (χ1) is 16.6. The summed E-state index contributed by atoms with van der Waals surface area (Å²) in [5.74, 6) is -2.22. The maximum Gasteiger partial charge on any atom is 0.274 e. The van der Waals surface area contributed by atoms with Crippen LogP contribution in [0.1, 0.15) is 49.0 Å². The highest BCUT2D eigenvalue weighted by molar-refractivity contribution is 6.00.